The largest absolute Gasteiger partial charge is 0.492 e. The van der Waals surface area contributed by atoms with Crippen LogP contribution in [0.25, 0.3) is 10.8 Å². The van der Waals surface area contributed by atoms with E-state index in [0.717, 1.165) is 16.5 Å². The van der Waals surface area contributed by atoms with Gasteiger partial charge in [0, 0.05) is 31.9 Å². The minimum absolute atomic E-state index is 0.122. The molecule has 0 unspecified atom stereocenters. The van der Waals surface area contributed by atoms with Gasteiger partial charge in [-0.1, -0.05) is 30.3 Å². The lowest BCUT2D eigenvalue weighted by molar-refractivity contribution is -0.384. The number of nitro groups is 1. The average Bonchev–Trinajstić information content (AvgIpc) is 2.70. The zero-order valence-corrected chi connectivity index (χ0v) is 15.7. The molecule has 0 aromatic heterocycles. The fraction of sp³-hybridized carbons (Fsp3) is 0.190. The van der Waals surface area contributed by atoms with Crippen molar-refractivity contribution in [3.63, 3.8) is 0 Å². The summed E-state index contributed by atoms with van der Waals surface area (Å²) in [7, 11) is 3.56. The lowest BCUT2D eigenvalue weighted by atomic mass is 10.1. The summed E-state index contributed by atoms with van der Waals surface area (Å²) in [4.78, 5) is 24.7. The van der Waals surface area contributed by atoms with Crippen LogP contribution in [0.5, 0.6) is 5.75 Å². The van der Waals surface area contributed by atoms with Gasteiger partial charge in [0.1, 0.15) is 12.4 Å². The van der Waals surface area contributed by atoms with Gasteiger partial charge in [0.15, 0.2) is 0 Å². The van der Waals surface area contributed by atoms with E-state index < -0.39 is 4.92 Å². The highest BCUT2D eigenvalue weighted by molar-refractivity contribution is 6.00. The first-order valence-electron chi connectivity index (χ1n) is 8.81. The van der Waals surface area contributed by atoms with Gasteiger partial charge in [-0.15, -0.1) is 0 Å². The molecule has 0 aliphatic rings. The van der Waals surface area contributed by atoms with E-state index >= 15 is 0 Å². The van der Waals surface area contributed by atoms with Gasteiger partial charge in [-0.3, -0.25) is 14.9 Å². The van der Waals surface area contributed by atoms with Crippen LogP contribution in [0.4, 0.5) is 11.4 Å². The number of carbonyl (C=O) groups is 1. The van der Waals surface area contributed by atoms with E-state index in [1.54, 1.807) is 25.1 Å². The Balaban J connectivity index is 1.62. The Kier molecular flexibility index (Phi) is 5.74. The maximum Gasteiger partial charge on any atom is 0.270 e. The minimum atomic E-state index is -0.515. The molecule has 0 aliphatic carbocycles. The Morgan fingerprint density at radius 1 is 1.07 bits per heavy atom. The number of carbonyl (C=O) groups excluding carboxylic acids is 1. The van der Waals surface area contributed by atoms with E-state index in [4.69, 9.17) is 4.74 Å². The predicted molar refractivity (Wildman–Crippen MR) is 109 cm³/mol. The first kappa shape index (κ1) is 19.2. The summed E-state index contributed by atoms with van der Waals surface area (Å²) in [5.41, 5.74) is 0.742. The van der Waals surface area contributed by atoms with Crippen LogP contribution in [0, 0.1) is 10.1 Å². The van der Waals surface area contributed by atoms with Crippen LogP contribution in [0.1, 0.15) is 10.4 Å². The molecule has 0 saturated heterocycles. The van der Waals surface area contributed by atoms with Crippen LogP contribution >= 0.6 is 0 Å². The third kappa shape index (κ3) is 4.37. The van der Waals surface area contributed by atoms with Gasteiger partial charge in [-0.2, -0.15) is 0 Å². The quantitative estimate of drug-likeness (QED) is 0.385. The van der Waals surface area contributed by atoms with Crippen molar-refractivity contribution in [1.29, 1.82) is 0 Å². The number of nitrogens with zero attached hydrogens (tertiary/aromatic N) is 2. The zero-order chi connectivity index (χ0) is 20.1. The Bertz CT molecular complexity index is 1020. The molecule has 0 atom stereocenters. The van der Waals surface area contributed by atoms with Crippen LogP contribution in [-0.4, -0.2) is 38.1 Å². The number of non-ortho nitro benzene ring substituents is 1. The lowest BCUT2D eigenvalue weighted by Crippen LogP contribution is -2.29. The van der Waals surface area contributed by atoms with Crippen LogP contribution < -0.4 is 15.0 Å². The monoisotopic (exact) mass is 379 g/mol. The molecule has 1 amide bonds. The van der Waals surface area contributed by atoms with Gasteiger partial charge in [0.05, 0.1) is 17.0 Å². The second kappa shape index (κ2) is 8.39. The Morgan fingerprint density at radius 3 is 2.54 bits per heavy atom. The van der Waals surface area contributed by atoms with E-state index in [2.05, 4.69) is 5.32 Å². The molecule has 0 heterocycles. The van der Waals surface area contributed by atoms with Gasteiger partial charge in [-0.05, 0) is 29.0 Å². The van der Waals surface area contributed by atoms with Crippen LogP contribution in [0.2, 0.25) is 0 Å². The van der Waals surface area contributed by atoms with E-state index in [1.807, 2.05) is 42.5 Å². The van der Waals surface area contributed by atoms with Crippen molar-refractivity contribution in [2.24, 2.45) is 0 Å². The molecule has 1 N–H and O–H groups in total. The van der Waals surface area contributed by atoms with Crippen molar-refractivity contribution in [1.82, 2.24) is 5.32 Å². The molecule has 0 aliphatic heterocycles. The second-order valence-electron chi connectivity index (χ2n) is 6.47. The molecule has 0 radical (unpaired) electrons. The van der Waals surface area contributed by atoms with Crippen LogP contribution in [0.15, 0.2) is 60.7 Å². The van der Waals surface area contributed by atoms with Gasteiger partial charge >= 0.3 is 0 Å². The van der Waals surface area contributed by atoms with Crippen molar-refractivity contribution in [3.8, 4) is 5.75 Å². The van der Waals surface area contributed by atoms with E-state index in [9.17, 15) is 14.9 Å². The molecule has 3 aromatic rings. The normalized spacial score (nSPS) is 10.5. The molecule has 7 heteroatoms. The van der Waals surface area contributed by atoms with Crippen molar-refractivity contribution in [2.45, 2.75) is 0 Å². The lowest BCUT2D eigenvalue weighted by Gasteiger charge is -2.17. The summed E-state index contributed by atoms with van der Waals surface area (Å²) in [6.07, 6.45) is 0. The molecular weight excluding hydrogens is 358 g/mol. The highest BCUT2D eigenvalue weighted by Gasteiger charge is 2.17. The van der Waals surface area contributed by atoms with Gasteiger partial charge in [0.25, 0.3) is 11.6 Å². The van der Waals surface area contributed by atoms with Gasteiger partial charge in [-0.25, -0.2) is 0 Å². The van der Waals surface area contributed by atoms with Gasteiger partial charge in [0.2, 0.25) is 0 Å². The summed E-state index contributed by atoms with van der Waals surface area (Å²) in [5, 5.41) is 16.0. The standard InChI is InChI=1S/C21H21N3O4/c1-23(2)20-10-8-17(24(26)27)14-19(20)21(25)22-11-12-28-18-9-7-15-5-3-4-6-16(15)13-18/h3-10,13-14H,11-12H2,1-2H3,(H,22,25). The molecule has 0 fully saturated rings. The number of fused-ring (bicyclic) bond motifs is 1. The number of hydrogen-bond acceptors (Lipinski definition) is 5. The average molecular weight is 379 g/mol. The van der Waals surface area contributed by atoms with Crippen molar-refractivity contribution in [3.05, 3.63) is 76.3 Å². The molecule has 0 bridgehead atoms. The number of anilines is 1. The minimum Gasteiger partial charge on any atom is -0.492 e. The third-order valence-electron chi connectivity index (χ3n) is 4.29. The van der Waals surface area contributed by atoms with Crippen LogP contribution in [0.3, 0.4) is 0 Å². The summed E-state index contributed by atoms with van der Waals surface area (Å²) in [6, 6.07) is 18.0. The SMILES string of the molecule is CN(C)c1ccc([N+](=O)[O-])cc1C(=O)NCCOc1ccc2ccccc2c1. The topological polar surface area (TPSA) is 84.7 Å². The molecule has 28 heavy (non-hydrogen) atoms. The number of rotatable bonds is 7. The third-order valence-corrected chi connectivity index (χ3v) is 4.29. The Labute approximate surface area is 162 Å². The smallest absolute Gasteiger partial charge is 0.270 e. The maximum atomic E-state index is 12.5. The van der Waals surface area contributed by atoms with Crippen molar-refractivity contribution < 1.29 is 14.5 Å². The number of ether oxygens (including phenoxy) is 1. The summed E-state index contributed by atoms with van der Waals surface area (Å²) >= 11 is 0. The van der Waals surface area contributed by atoms with Crippen molar-refractivity contribution >= 4 is 28.1 Å². The molecule has 0 spiro atoms. The maximum absolute atomic E-state index is 12.5. The summed E-state index contributed by atoms with van der Waals surface area (Å²) in [5.74, 6) is 0.340. The highest BCUT2D eigenvalue weighted by Crippen LogP contribution is 2.24. The van der Waals surface area contributed by atoms with E-state index in [1.165, 1.54) is 12.1 Å². The van der Waals surface area contributed by atoms with Crippen LogP contribution in [-0.2, 0) is 0 Å². The molecule has 144 valence electrons. The number of nitro benzene ring substituents is 1. The van der Waals surface area contributed by atoms with Crippen molar-refractivity contribution in [2.75, 3.05) is 32.1 Å². The first-order chi connectivity index (χ1) is 13.5. The number of hydrogen-bond donors (Lipinski definition) is 1. The summed E-state index contributed by atoms with van der Waals surface area (Å²) in [6.45, 7) is 0.567. The first-order valence-corrected chi connectivity index (χ1v) is 8.81. The fourth-order valence-corrected chi connectivity index (χ4v) is 2.90. The predicted octanol–water partition coefficient (Wildman–Crippen LogP) is 3.62. The molecule has 3 aromatic carbocycles. The van der Waals surface area contributed by atoms with E-state index in [0.29, 0.717) is 5.69 Å². The summed E-state index contributed by atoms with van der Waals surface area (Å²) < 4.78 is 5.71. The van der Waals surface area contributed by atoms with Gasteiger partial charge < -0.3 is 15.0 Å². The zero-order valence-electron chi connectivity index (χ0n) is 15.7. The molecule has 3 rings (SSSR count). The number of amides is 1. The Hall–Kier alpha value is -3.61. The Morgan fingerprint density at radius 2 is 1.82 bits per heavy atom. The number of nitrogens with one attached hydrogen (secondary N) is 1. The highest BCUT2D eigenvalue weighted by atomic mass is 16.6. The molecule has 0 saturated carbocycles. The molecule has 7 nitrogen and oxygen atoms in total. The fourth-order valence-electron chi connectivity index (χ4n) is 2.90. The molecular formula is C21H21N3O4. The van der Waals surface area contributed by atoms with E-state index in [-0.39, 0.29) is 30.3 Å². The number of benzene rings is 3. The second-order valence-corrected chi connectivity index (χ2v) is 6.47.